The van der Waals surface area contributed by atoms with Gasteiger partial charge in [0.05, 0.1) is 21.8 Å². The van der Waals surface area contributed by atoms with Gasteiger partial charge in [0, 0.05) is 21.7 Å². The maximum atomic E-state index is 13.8. The van der Waals surface area contributed by atoms with Crippen molar-refractivity contribution >= 4 is 52.4 Å². The van der Waals surface area contributed by atoms with Gasteiger partial charge >= 0.3 is 0 Å². The molecule has 1 atom stereocenters. The monoisotopic (exact) mass is 583 g/mol. The zero-order chi connectivity index (χ0) is 27.6. The summed E-state index contributed by atoms with van der Waals surface area (Å²) in [6.45, 7) is 1.81. The number of amides is 1. The van der Waals surface area contributed by atoms with Gasteiger partial charge in [-0.3, -0.25) is 14.2 Å². The van der Waals surface area contributed by atoms with Crippen LogP contribution < -0.4 is 20.2 Å². The van der Waals surface area contributed by atoms with Crippen molar-refractivity contribution < 1.29 is 9.21 Å². The van der Waals surface area contributed by atoms with E-state index in [4.69, 9.17) is 21.0 Å². The molecule has 1 aliphatic rings. The lowest BCUT2D eigenvalue weighted by molar-refractivity contribution is -0.113. The summed E-state index contributed by atoms with van der Waals surface area (Å²) in [7, 11) is 0. The minimum Gasteiger partial charge on any atom is -0.450 e. The Morgan fingerprint density at radius 3 is 2.42 bits per heavy atom. The fourth-order valence-corrected chi connectivity index (χ4v) is 6.43. The first-order valence-electron chi connectivity index (χ1n) is 12.4. The summed E-state index contributed by atoms with van der Waals surface area (Å²) in [4.78, 5) is 33.6. The predicted octanol–water partition coefficient (Wildman–Crippen LogP) is 6.27. The van der Waals surface area contributed by atoms with Crippen molar-refractivity contribution in [2.24, 2.45) is 4.99 Å². The third-order valence-electron chi connectivity index (χ3n) is 6.32. The highest BCUT2D eigenvalue weighted by molar-refractivity contribution is 7.99. The summed E-state index contributed by atoms with van der Waals surface area (Å²) >= 11 is 8.73. The Bertz CT molecular complexity index is 1910. The number of nitrogens with one attached hydrogen (secondary N) is 1. The molecule has 0 radical (unpaired) electrons. The number of para-hydroxylation sites is 1. The van der Waals surface area contributed by atoms with E-state index in [0.717, 1.165) is 10.5 Å². The number of carbonyl (C=O) groups is 1. The molecule has 0 saturated heterocycles. The first kappa shape index (κ1) is 26.1. The molecule has 0 spiro atoms. The molecule has 1 amide bonds. The number of anilines is 1. The van der Waals surface area contributed by atoms with Crippen LogP contribution in [0.3, 0.4) is 0 Å². The van der Waals surface area contributed by atoms with Crippen molar-refractivity contribution in [3.8, 4) is 0 Å². The molecule has 6 nitrogen and oxygen atoms in total. The zero-order valence-electron chi connectivity index (χ0n) is 21.2. The summed E-state index contributed by atoms with van der Waals surface area (Å²) < 4.78 is 8.06. The van der Waals surface area contributed by atoms with Crippen LogP contribution in [0.5, 0.6) is 0 Å². The molecule has 2 aromatic heterocycles. The number of hydrogen-bond donors (Lipinski definition) is 1. The molecule has 198 valence electrons. The summed E-state index contributed by atoms with van der Waals surface area (Å²) in [5.74, 6) is 0.251. The Labute approximate surface area is 243 Å². The standard InChI is InChI=1S/C31H22ClN3O3S2/c1-19-27(29(36)34-22-10-6-3-7-11-22)28(20-8-4-2-5-9-20)35-30(37)25(40-31(35)33-19)18-23-14-17-26(38-23)39-24-15-12-21(32)13-16-24/h2-18,28H,1H3,(H,34,36)/b25-18-/t28-/m1/s1. The lowest BCUT2D eigenvalue weighted by Crippen LogP contribution is -2.40. The van der Waals surface area contributed by atoms with E-state index in [1.165, 1.54) is 23.1 Å². The average Bonchev–Trinajstić information content (AvgIpc) is 3.53. The van der Waals surface area contributed by atoms with Crippen molar-refractivity contribution in [3.63, 3.8) is 0 Å². The number of halogens is 1. The SMILES string of the molecule is CC1=C(C(=O)Nc2ccccc2)[C@@H](c2ccccc2)n2c(s/c(=C\c3ccc(Sc4ccc(Cl)cc4)o3)c2=O)=N1. The van der Waals surface area contributed by atoms with Crippen molar-refractivity contribution in [2.45, 2.75) is 23.0 Å². The van der Waals surface area contributed by atoms with Crippen molar-refractivity contribution in [3.05, 3.63) is 144 Å². The van der Waals surface area contributed by atoms with Gasteiger partial charge in [-0.15, -0.1) is 0 Å². The number of rotatable bonds is 6. The molecule has 0 bridgehead atoms. The lowest BCUT2D eigenvalue weighted by atomic mass is 9.95. The molecular weight excluding hydrogens is 562 g/mol. The molecule has 5 aromatic rings. The van der Waals surface area contributed by atoms with Crippen molar-refractivity contribution in [1.82, 2.24) is 4.57 Å². The molecule has 1 aliphatic heterocycles. The third kappa shape index (κ3) is 5.34. The number of furan rings is 1. The number of hydrogen-bond acceptors (Lipinski definition) is 6. The Morgan fingerprint density at radius 2 is 1.70 bits per heavy atom. The summed E-state index contributed by atoms with van der Waals surface area (Å²) in [5.41, 5.74) is 2.24. The van der Waals surface area contributed by atoms with Crippen LogP contribution in [0.4, 0.5) is 5.69 Å². The minimum absolute atomic E-state index is 0.238. The van der Waals surface area contributed by atoms with E-state index in [2.05, 4.69) is 5.32 Å². The summed E-state index contributed by atoms with van der Waals surface area (Å²) in [6.07, 6.45) is 1.72. The van der Waals surface area contributed by atoms with Crippen LogP contribution in [-0.2, 0) is 4.79 Å². The Morgan fingerprint density at radius 1 is 1.00 bits per heavy atom. The topological polar surface area (TPSA) is 76.6 Å². The van der Waals surface area contributed by atoms with Gasteiger partial charge in [0.1, 0.15) is 5.76 Å². The highest BCUT2D eigenvalue weighted by atomic mass is 35.5. The van der Waals surface area contributed by atoms with E-state index < -0.39 is 6.04 Å². The smallest absolute Gasteiger partial charge is 0.271 e. The minimum atomic E-state index is -0.629. The quantitative estimate of drug-likeness (QED) is 0.256. The van der Waals surface area contributed by atoms with Crippen molar-refractivity contribution in [1.29, 1.82) is 0 Å². The molecule has 3 heterocycles. The number of carbonyl (C=O) groups excluding carboxylic acids is 1. The molecule has 9 heteroatoms. The van der Waals surface area contributed by atoms with Crippen LogP contribution >= 0.6 is 34.7 Å². The van der Waals surface area contributed by atoms with Crippen LogP contribution in [0.1, 0.15) is 24.3 Å². The maximum Gasteiger partial charge on any atom is 0.271 e. The second-order valence-electron chi connectivity index (χ2n) is 9.03. The first-order valence-corrected chi connectivity index (χ1v) is 14.4. The lowest BCUT2D eigenvalue weighted by Gasteiger charge is -2.25. The Hall–Kier alpha value is -4.11. The fourth-order valence-electron chi connectivity index (χ4n) is 4.50. The van der Waals surface area contributed by atoms with Gasteiger partial charge in [0.15, 0.2) is 9.89 Å². The molecule has 0 fully saturated rings. The second-order valence-corrected chi connectivity index (χ2v) is 11.5. The highest BCUT2D eigenvalue weighted by Crippen LogP contribution is 2.32. The summed E-state index contributed by atoms with van der Waals surface area (Å²) in [5, 5.41) is 4.33. The molecule has 0 aliphatic carbocycles. The third-order valence-corrected chi connectivity index (χ3v) is 8.48. The first-order chi connectivity index (χ1) is 19.5. The molecule has 0 saturated carbocycles. The van der Waals surface area contributed by atoms with Gasteiger partial charge in [-0.1, -0.05) is 83.2 Å². The van der Waals surface area contributed by atoms with E-state index in [-0.39, 0.29) is 11.5 Å². The highest BCUT2D eigenvalue weighted by Gasteiger charge is 2.32. The molecule has 1 N–H and O–H groups in total. The maximum absolute atomic E-state index is 13.8. The number of benzene rings is 3. The molecular formula is C31H22ClN3O3S2. The second kappa shape index (κ2) is 11.2. The molecule has 6 rings (SSSR count). The van der Waals surface area contributed by atoms with E-state index in [0.29, 0.717) is 42.2 Å². The Kier molecular flexibility index (Phi) is 7.30. The predicted molar refractivity (Wildman–Crippen MR) is 160 cm³/mol. The number of fused-ring (bicyclic) bond motifs is 1. The van der Waals surface area contributed by atoms with Gasteiger partial charge in [-0.2, -0.15) is 0 Å². The zero-order valence-corrected chi connectivity index (χ0v) is 23.6. The van der Waals surface area contributed by atoms with Gasteiger partial charge in [0.2, 0.25) is 0 Å². The average molecular weight is 584 g/mol. The van der Waals surface area contributed by atoms with E-state index in [1.807, 2.05) is 97.1 Å². The van der Waals surface area contributed by atoms with Gasteiger partial charge in [0.25, 0.3) is 11.5 Å². The van der Waals surface area contributed by atoms with Gasteiger partial charge in [-0.05, 0) is 61.0 Å². The number of allylic oxidation sites excluding steroid dienone is 1. The van der Waals surface area contributed by atoms with Crippen LogP contribution in [0, 0.1) is 0 Å². The van der Waals surface area contributed by atoms with E-state index in [9.17, 15) is 9.59 Å². The Balaban J connectivity index is 1.39. The molecule has 0 unspecified atom stereocenters. The fraction of sp³-hybridized carbons (Fsp3) is 0.0645. The summed E-state index contributed by atoms with van der Waals surface area (Å²) in [6, 6.07) is 29.3. The molecule has 40 heavy (non-hydrogen) atoms. The van der Waals surface area contributed by atoms with E-state index >= 15 is 0 Å². The van der Waals surface area contributed by atoms with Crippen LogP contribution in [-0.4, -0.2) is 10.5 Å². The van der Waals surface area contributed by atoms with Crippen LogP contribution in [0.2, 0.25) is 5.02 Å². The van der Waals surface area contributed by atoms with Crippen LogP contribution in [0.15, 0.2) is 133 Å². The van der Waals surface area contributed by atoms with Gasteiger partial charge < -0.3 is 9.73 Å². The number of aromatic nitrogens is 1. The van der Waals surface area contributed by atoms with Gasteiger partial charge in [-0.25, -0.2) is 4.99 Å². The number of thiazole rings is 1. The molecule has 3 aromatic carbocycles. The van der Waals surface area contributed by atoms with E-state index in [1.54, 1.807) is 17.6 Å². The van der Waals surface area contributed by atoms with Crippen LogP contribution in [0.25, 0.3) is 6.08 Å². The van der Waals surface area contributed by atoms with Crippen molar-refractivity contribution in [2.75, 3.05) is 5.32 Å². The largest absolute Gasteiger partial charge is 0.450 e. The normalized spacial score (nSPS) is 15.1. The number of nitrogens with zero attached hydrogens (tertiary/aromatic N) is 2.